The van der Waals surface area contributed by atoms with Crippen LogP contribution in [0.3, 0.4) is 0 Å². The fourth-order valence-electron chi connectivity index (χ4n) is 2.17. The highest BCUT2D eigenvalue weighted by Gasteiger charge is 2.34. The van der Waals surface area contributed by atoms with Gasteiger partial charge in [-0.05, 0) is 12.1 Å². The minimum Gasteiger partial charge on any atom is -0.497 e. The lowest BCUT2D eigenvalue weighted by atomic mass is 10.1. The van der Waals surface area contributed by atoms with Gasteiger partial charge in [0.15, 0.2) is 6.04 Å². The predicted octanol–water partition coefficient (Wildman–Crippen LogP) is 0.516. The van der Waals surface area contributed by atoms with Crippen molar-refractivity contribution in [1.82, 2.24) is 4.90 Å². The smallest absolute Gasteiger partial charge is 0.328 e. The molecule has 0 aromatic heterocycles. The van der Waals surface area contributed by atoms with Gasteiger partial charge in [-0.2, -0.15) is 0 Å². The molecule has 21 heavy (non-hydrogen) atoms. The van der Waals surface area contributed by atoms with Gasteiger partial charge in [-0.3, -0.25) is 4.79 Å². The first-order valence-electron chi connectivity index (χ1n) is 6.37. The van der Waals surface area contributed by atoms with E-state index in [-0.39, 0.29) is 25.7 Å². The van der Waals surface area contributed by atoms with E-state index in [0.29, 0.717) is 17.1 Å². The lowest BCUT2D eigenvalue weighted by Crippen LogP contribution is -2.52. The first-order valence-corrected chi connectivity index (χ1v) is 6.37. The molecule has 1 saturated heterocycles. The Morgan fingerprint density at radius 1 is 1.43 bits per heavy atom. The Morgan fingerprint density at radius 3 is 2.81 bits per heavy atom. The number of nitrogens with zero attached hydrogens (tertiary/aromatic N) is 1. The normalized spacial score (nSPS) is 18.5. The van der Waals surface area contributed by atoms with Gasteiger partial charge in [-0.25, -0.2) is 4.79 Å². The molecule has 1 aromatic rings. The highest BCUT2D eigenvalue weighted by Crippen LogP contribution is 2.27. The predicted molar refractivity (Wildman–Crippen MR) is 72.3 cm³/mol. The summed E-state index contributed by atoms with van der Waals surface area (Å²) in [5.41, 5.74) is 0.708. The molecule has 1 aliphatic rings. The van der Waals surface area contributed by atoms with Crippen LogP contribution in [0.4, 0.5) is 0 Å². The Balaban J connectivity index is 2.26. The molecule has 1 fully saturated rings. The molecule has 114 valence electrons. The van der Waals surface area contributed by atoms with Gasteiger partial charge in [0, 0.05) is 11.6 Å². The Morgan fingerprint density at radius 2 is 2.19 bits per heavy atom. The number of carboxylic acids is 1. The van der Waals surface area contributed by atoms with Crippen LogP contribution in [-0.2, 0) is 20.9 Å². The quantitative estimate of drug-likeness (QED) is 0.852. The molecule has 1 heterocycles. The highest BCUT2D eigenvalue weighted by molar-refractivity contribution is 5.85. The van der Waals surface area contributed by atoms with Gasteiger partial charge >= 0.3 is 5.97 Å². The number of amides is 1. The van der Waals surface area contributed by atoms with Gasteiger partial charge in [0.2, 0.25) is 5.91 Å². The molecule has 1 atom stereocenters. The van der Waals surface area contributed by atoms with Crippen molar-refractivity contribution in [3.05, 3.63) is 23.8 Å². The first kappa shape index (κ1) is 15.1. The van der Waals surface area contributed by atoms with Crippen molar-refractivity contribution in [2.45, 2.75) is 12.6 Å². The fourth-order valence-corrected chi connectivity index (χ4v) is 2.17. The van der Waals surface area contributed by atoms with Gasteiger partial charge in [-0.15, -0.1) is 0 Å². The van der Waals surface area contributed by atoms with Crippen molar-refractivity contribution in [1.29, 1.82) is 0 Å². The summed E-state index contributed by atoms with van der Waals surface area (Å²) in [6.45, 7) is 0.0219. The summed E-state index contributed by atoms with van der Waals surface area (Å²) in [7, 11) is 3.05. The van der Waals surface area contributed by atoms with Gasteiger partial charge in [-0.1, -0.05) is 0 Å². The summed E-state index contributed by atoms with van der Waals surface area (Å²) in [6, 6.07) is 4.19. The third kappa shape index (κ3) is 3.25. The van der Waals surface area contributed by atoms with Crippen LogP contribution in [0.5, 0.6) is 11.5 Å². The second-order valence-corrected chi connectivity index (χ2v) is 4.57. The first-order chi connectivity index (χ1) is 10.1. The fraction of sp³-hybridized carbons (Fsp3) is 0.429. The largest absolute Gasteiger partial charge is 0.497 e. The summed E-state index contributed by atoms with van der Waals surface area (Å²) in [5.74, 6) is -0.279. The van der Waals surface area contributed by atoms with E-state index in [2.05, 4.69) is 0 Å². The van der Waals surface area contributed by atoms with Gasteiger partial charge in [0.05, 0.1) is 27.4 Å². The zero-order valence-electron chi connectivity index (χ0n) is 11.9. The number of carboxylic acid groups (broad SMARTS) is 1. The van der Waals surface area contributed by atoms with Crippen LogP contribution >= 0.6 is 0 Å². The Hall–Kier alpha value is -2.28. The van der Waals surface area contributed by atoms with Crippen molar-refractivity contribution in [2.75, 3.05) is 27.4 Å². The Kier molecular flexibility index (Phi) is 4.64. The number of carbonyl (C=O) groups is 2. The average molecular weight is 295 g/mol. The average Bonchev–Trinajstić information content (AvgIpc) is 2.49. The third-order valence-corrected chi connectivity index (χ3v) is 3.32. The maximum atomic E-state index is 11.9. The topological polar surface area (TPSA) is 85.3 Å². The maximum absolute atomic E-state index is 11.9. The van der Waals surface area contributed by atoms with Crippen molar-refractivity contribution in [3.63, 3.8) is 0 Å². The molecule has 1 N–H and O–H groups in total. The lowest BCUT2D eigenvalue weighted by Gasteiger charge is -2.33. The summed E-state index contributed by atoms with van der Waals surface area (Å²) < 4.78 is 15.4. The van der Waals surface area contributed by atoms with Crippen LogP contribution in [0, 0.1) is 0 Å². The van der Waals surface area contributed by atoms with E-state index in [1.165, 1.54) is 12.0 Å². The minimum absolute atomic E-state index is 0.0143. The second-order valence-electron chi connectivity index (χ2n) is 4.57. The van der Waals surface area contributed by atoms with Crippen LogP contribution in [-0.4, -0.2) is 55.4 Å². The molecule has 0 aliphatic carbocycles. The zero-order chi connectivity index (χ0) is 15.4. The van der Waals surface area contributed by atoms with E-state index >= 15 is 0 Å². The molecule has 0 bridgehead atoms. The number of carbonyl (C=O) groups excluding carboxylic acids is 1. The number of aliphatic carboxylic acids is 1. The van der Waals surface area contributed by atoms with Crippen molar-refractivity contribution in [2.24, 2.45) is 0 Å². The summed E-state index contributed by atoms with van der Waals surface area (Å²) >= 11 is 0. The molecule has 1 unspecified atom stereocenters. The molecule has 0 saturated carbocycles. The van der Waals surface area contributed by atoms with Crippen LogP contribution in [0.1, 0.15) is 5.56 Å². The maximum Gasteiger partial charge on any atom is 0.328 e. The summed E-state index contributed by atoms with van der Waals surface area (Å²) in [4.78, 5) is 24.4. The van der Waals surface area contributed by atoms with Gasteiger partial charge < -0.3 is 24.2 Å². The number of methoxy groups -OCH3 is 2. The molecule has 0 spiro atoms. The van der Waals surface area contributed by atoms with Crippen LogP contribution in [0.25, 0.3) is 0 Å². The molecule has 2 rings (SSSR count). The number of benzene rings is 1. The van der Waals surface area contributed by atoms with Crippen molar-refractivity contribution >= 4 is 11.9 Å². The van der Waals surface area contributed by atoms with E-state index in [0.717, 1.165) is 0 Å². The molecular formula is C14H17NO6. The van der Waals surface area contributed by atoms with Gasteiger partial charge in [0.25, 0.3) is 0 Å². The molecule has 0 radical (unpaired) electrons. The second kappa shape index (κ2) is 6.45. The minimum atomic E-state index is -1.09. The van der Waals surface area contributed by atoms with E-state index in [9.17, 15) is 14.7 Å². The van der Waals surface area contributed by atoms with E-state index < -0.39 is 12.0 Å². The number of rotatable bonds is 5. The number of morpholine rings is 1. The highest BCUT2D eigenvalue weighted by atomic mass is 16.5. The summed E-state index contributed by atoms with van der Waals surface area (Å²) in [5, 5.41) is 9.19. The van der Waals surface area contributed by atoms with E-state index in [1.807, 2.05) is 0 Å². The Bertz CT molecular complexity index is 544. The molecule has 7 heteroatoms. The molecule has 1 amide bonds. The van der Waals surface area contributed by atoms with Crippen LogP contribution in [0.2, 0.25) is 0 Å². The SMILES string of the molecule is COc1ccc(CN2C(=O)COCC2C(=O)O)c(OC)c1. The van der Waals surface area contributed by atoms with Crippen molar-refractivity contribution in [3.8, 4) is 11.5 Å². The van der Waals surface area contributed by atoms with Gasteiger partial charge in [0.1, 0.15) is 18.1 Å². The van der Waals surface area contributed by atoms with Crippen molar-refractivity contribution < 1.29 is 28.9 Å². The molecule has 1 aromatic carbocycles. The van der Waals surface area contributed by atoms with E-state index in [1.54, 1.807) is 25.3 Å². The lowest BCUT2D eigenvalue weighted by molar-refractivity contribution is -0.163. The Labute approximate surface area is 122 Å². The zero-order valence-corrected chi connectivity index (χ0v) is 11.9. The molecule has 1 aliphatic heterocycles. The number of ether oxygens (including phenoxy) is 3. The molecule has 7 nitrogen and oxygen atoms in total. The van der Waals surface area contributed by atoms with Crippen LogP contribution in [0.15, 0.2) is 18.2 Å². The summed E-state index contributed by atoms with van der Waals surface area (Å²) in [6.07, 6.45) is 0. The number of hydrogen-bond donors (Lipinski definition) is 1. The van der Waals surface area contributed by atoms with Crippen LogP contribution < -0.4 is 9.47 Å². The molecular weight excluding hydrogens is 278 g/mol. The number of hydrogen-bond acceptors (Lipinski definition) is 5. The third-order valence-electron chi connectivity index (χ3n) is 3.32. The monoisotopic (exact) mass is 295 g/mol. The standard InChI is InChI=1S/C14H17NO6/c1-19-10-4-3-9(12(5-10)20-2)6-15-11(14(17)18)7-21-8-13(15)16/h3-5,11H,6-8H2,1-2H3,(H,17,18). The van der Waals surface area contributed by atoms with E-state index in [4.69, 9.17) is 14.2 Å².